The number of rotatable bonds is 5. The molecule has 0 saturated heterocycles. The summed E-state index contributed by atoms with van der Waals surface area (Å²) in [5.41, 5.74) is 9.06. The maximum Gasteiger partial charge on any atom is 0.161 e. The van der Waals surface area contributed by atoms with Gasteiger partial charge in [0.15, 0.2) is 11.5 Å². The number of hydrogen-bond acceptors (Lipinski definition) is 4. The lowest BCUT2D eigenvalue weighted by Crippen LogP contribution is -1.92. The quantitative estimate of drug-likeness (QED) is 0.670. The van der Waals surface area contributed by atoms with E-state index in [4.69, 9.17) is 15.2 Å². The zero-order chi connectivity index (χ0) is 14.5. The fourth-order valence-corrected chi connectivity index (χ4v) is 2.92. The maximum atomic E-state index is 5.83. The number of thioether (sulfide) groups is 1. The average molecular weight is 289 g/mol. The predicted molar refractivity (Wildman–Crippen MR) is 84.7 cm³/mol. The van der Waals surface area contributed by atoms with E-state index in [0.29, 0.717) is 0 Å². The van der Waals surface area contributed by atoms with Crippen LogP contribution in [0.3, 0.4) is 0 Å². The zero-order valence-corrected chi connectivity index (χ0v) is 12.8. The smallest absolute Gasteiger partial charge is 0.161 e. The molecule has 2 rings (SSSR count). The second kappa shape index (κ2) is 6.57. The molecule has 0 saturated carbocycles. The van der Waals surface area contributed by atoms with E-state index in [1.54, 1.807) is 26.0 Å². The molecule has 0 aliphatic carbocycles. The van der Waals surface area contributed by atoms with Crippen molar-refractivity contribution in [1.29, 1.82) is 0 Å². The third-order valence-corrected chi connectivity index (χ3v) is 4.28. The first-order chi connectivity index (χ1) is 9.63. The SMILES string of the molecule is COc1ccc(CSc2cc(N)ccc2C)cc1OC. The highest BCUT2D eigenvalue weighted by molar-refractivity contribution is 7.98. The summed E-state index contributed by atoms with van der Waals surface area (Å²) in [7, 11) is 3.29. The molecule has 0 aliphatic rings. The average Bonchev–Trinajstić information content (AvgIpc) is 2.47. The topological polar surface area (TPSA) is 44.5 Å². The van der Waals surface area contributed by atoms with E-state index in [2.05, 4.69) is 13.0 Å². The van der Waals surface area contributed by atoms with Crippen LogP contribution in [-0.4, -0.2) is 14.2 Å². The summed E-state index contributed by atoms with van der Waals surface area (Å²) in [4.78, 5) is 1.21. The van der Waals surface area contributed by atoms with Crippen LogP contribution in [0, 0.1) is 6.92 Å². The molecule has 0 amide bonds. The molecular weight excluding hydrogens is 270 g/mol. The van der Waals surface area contributed by atoms with Crippen LogP contribution in [0.4, 0.5) is 5.69 Å². The summed E-state index contributed by atoms with van der Waals surface area (Å²) in [5.74, 6) is 2.38. The number of hydrogen-bond donors (Lipinski definition) is 1. The molecule has 2 N–H and O–H groups in total. The number of aryl methyl sites for hydroxylation is 1. The first-order valence-corrected chi connectivity index (χ1v) is 7.32. The number of nitrogen functional groups attached to an aromatic ring is 1. The van der Waals surface area contributed by atoms with Crippen molar-refractivity contribution >= 4 is 17.4 Å². The van der Waals surface area contributed by atoms with Crippen LogP contribution in [0.15, 0.2) is 41.3 Å². The summed E-state index contributed by atoms with van der Waals surface area (Å²) in [5, 5.41) is 0. The molecule has 0 unspecified atom stereocenters. The summed E-state index contributed by atoms with van der Waals surface area (Å²) < 4.78 is 10.6. The van der Waals surface area contributed by atoms with Gasteiger partial charge in [0.05, 0.1) is 14.2 Å². The lowest BCUT2D eigenvalue weighted by molar-refractivity contribution is 0.354. The van der Waals surface area contributed by atoms with Gasteiger partial charge in [-0.1, -0.05) is 12.1 Å². The summed E-state index contributed by atoms with van der Waals surface area (Å²) >= 11 is 1.77. The highest BCUT2D eigenvalue weighted by Gasteiger charge is 2.06. The monoisotopic (exact) mass is 289 g/mol. The third kappa shape index (κ3) is 3.39. The van der Waals surface area contributed by atoms with E-state index in [0.717, 1.165) is 22.9 Å². The maximum absolute atomic E-state index is 5.83. The summed E-state index contributed by atoms with van der Waals surface area (Å²) in [6.45, 7) is 2.09. The highest BCUT2D eigenvalue weighted by atomic mass is 32.2. The van der Waals surface area contributed by atoms with Crippen molar-refractivity contribution < 1.29 is 9.47 Å². The van der Waals surface area contributed by atoms with Crippen molar-refractivity contribution in [3.63, 3.8) is 0 Å². The lowest BCUT2D eigenvalue weighted by atomic mass is 10.2. The normalized spacial score (nSPS) is 10.3. The Morgan fingerprint density at radius 2 is 1.75 bits per heavy atom. The van der Waals surface area contributed by atoms with Gasteiger partial charge in [0, 0.05) is 16.3 Å². The molecule has 106 valence electrons. The third-order valence-electron chi connectivity index (χ3n) is 3.05. The predicted octanol–water partition coefficient (Wildman–Crippen LogP) is 3.89. The minimum atomic E-state index is 0.751. The highest BCUT2D eigenvalue weighted by Crippen LogP contribution is 2.32. The van der Waals surface area contributed by atoms with Crippen molar-refractivity contribution in [2.45, 2.75) is 17.6 Å². The molecule has 0 heterocycles. The number of ether oxygens (including phenoxy) is 2. The molecular formula is C16H19NO2S. The second-order valence-electron chi connectivity index (χ2n) is 4.50. The van der Waals surface area contributed by atoms with Crippen LogP contribution < -0.4 is 15.2 Å². The van der Waals surface area contributed by atoms with Gasteiger partial charge in [0.2, 0.25) is 0 Å². The van der Waals surface area contributed by atoms with Crippen LogP contribution in [0.1, 0.15) is 11.1 Å². The van der Waals surface area contributed by atoms with Gasteiger partial charge in [0.25, 0.3) is 0 Å². The molecule has 0 bridgehead atoms. The molecule has 20 heavy (non-hydrogen) atoms. The molecule has 2 aromatic carbocycles. The van der Waals surface area contributed by atoms with E-state index < -0.39 is 0 Å². The van der Waals surface area contributed by atoms with Gasteiger partial charge in [-0.3, -0.25) is 0 Å². The lowest BCUT2D eigenvalue weighted by Gasteiger charge is -2.10. The van der Waals surface area contributed by atoms with E-state index in [-0.39, 0.29) is 0 Å². The number of methoxy groups -OCH3 is 2. The zero-order valence-electron chi connectivity index (χ0n) is 12.0. The van der Waals surface area contributed by atoms with Crippen LogP contribution in [0.5, 0.6) is 11.5 Å². The number of nitrogens with two attached hydrogens (primary N) is 1. The Bertz CT molecular complexity index is 599. The molecule has 0 aliphatic heterocycles. The van der Waals surface area contributed by atoms with Crippen LogP contribution >= 0.6 is 11.8 Å². The molecule has 3 nitrogen and oxygen atoms in total. The van der Waals surface area contributed by atoms with E-state index >= 15 is 0 Å². The van der Waals surface area contributed by atoms with Gasteiger partial charge < -0.3 is 15.2 Å². The minimum Gasteiger partial charge on any atom is -0.493 e. The van der Waals surface area contributed by atoms with Crippen LogP contribution in [-0.2, 0) is 5.75 Å². The van der Waals surface area contributed by atoms with Crippen molar-refractivity contribution in [3.8, 4) is 11.5 Å². The summed E-state index contributed by atoms with van der Waals surface area (Å²) in [6, 6.07) is 12.0. The van der Waals surface area contributed by atoms with Gasteiger partial charge in [-0.2, -0.15) is 0 Å². The second-order valence-corrected chi connectivity index (χ2v) is 5.52. The Balaban J connectivity index is 2.12. The van der Waals surface area contributed by atoms with E-state index in [1.165, 1.54) is 16.0 Å². The summed E-state index contributed by atoms with van der Waals surface area (Å²) in [6.07, 6.45) is 0. The Morgan fingerprint density at radius 1 is 1.00 bits per heavy atom. The standard InChI is InChI=1S/C16H19NO2S/c1-11-4-6-13(17)9-16(11)20-10-12-5-7-14(18-2)15(8-12)19-3/h4-9H,10,17H2,1-3H3. The molecule has 0 fully saturated rings. The van der Waals surface area contributed by atoms with Gasteiger partial charge in [0.1, 0.15) is 0 Å². The van der Waals surface area contributed by atoms with Crippen molar-refractivity contribution in [2.75, 3.05) is 20.0 Å². The van der Waals surface area contributed by atoms with Crippen molar-refractivity contribution in [1.82, 2.24) is 0 Å². The molecule has 0 spiro atoms. The molecule has 0 radical (unpaired) electrons. The Kier molecular flexibility index (Phi) is 4.79. The first-order valence-electron chi connectivity index (χ1n) is 6.34. The van der Waals surface area contributed by atoms with Crippen LogP contribution in [0.2, 0.25) is 0 Å². The Morgan fingerprint density at radius 3 is 2.45 bits per heavy atom. The van der Waals surface area contributed by atoms with E-state index in [1.807, 2.05) is 30.3 Å². The Hall–Kier alpha value is -1.81. The fraction of sp³-hybridized carbons (Fsp3) is 0.250. The van der Waals surface area contributed by atoms with Crippen LogP contribution in [0.25, 0.3) is 0 Å². The van der Waals surface area contributed by atoms with Gasteiger partial charge in [-0.15, -0.1) is 11.8 Å². The molecule has 0 aromatic heterocycles. The molecule has 2 aromatic rings. The largest absolute Gasteiger partial charge is 0.493 e. The van der Waals surface area contributed by atoms with Crippen molar-refractivity contribution in [2.24, 2.45) is 0 Å². The fourth-order valence-electron chi connectivity index (χ4n) is 1.90. The Labute approximate surface area is 124 Å². The molecule has 4 heteroatoms. The van der Waals surface area contributed by atoms with E-state index in [9.17, 15) is 0 Å². The minimum absolute atomic E-state index is 0.751. The van der Waals surface area contributed by atoms with Crippen molar-refractivity contribution in [3.05, 3.63) is 47.5 Å². The number of anilines is 1. The first kappa shape index (κ1) is 14.6. The number of benzene rings is 2. The molecule has 0 atom stereocenters. The van der Waals surface area contributed by atoms with Gasteiger partial charge >= 0.3 is 0 Å². The van der Waals surface area contributed by atoms with Gasteiger partial charge in [-0.25, -0.2) is 0 Å². The van der Waals surface area contributed by atoms with Gasteiger partial charge in [-0.05, 0) is 42.3 Å².